The first-order chi connectivity index (χ1) is 28.0. The van der Waals surface area contributed by atoms with Gasteiger partial charge >= 0.3 is 17.9 Å². The van der Waals surface area contributed by atoms with Crippen molar-refractivity contribution in [3.05, 3.63) is 12.2 Å². The van der Waals surface area contributed by atoms with Crippen LogP contribution in [0, 0.1) is 0 Å². The zero-order valence-electron chi connectivity index (χ0n) is 38.4. The van der Waals surface area contributed by atoms with Crippen LogP contribution in [0.1, 0.15) is 278 Å². The lowest BCUT2D eigenvalue weighted by atomic mass is 10.1. The second-order valence-corrected chi connectivity index (χ2v) is 17.1. The first-order valence-corrected chi connectivity index (χ1v) is 25.2. The van der Waals surface area contributed by atoms with E-state index in [9.17, 15) is 14.4 Å². The number of carbonyl (C=O) groups is 3. The van der Waals surface area contributed by atoms with Crippen molar-refractivity contribution in [2.45, 2.75) is 284 Å². The Hall–Kier alpha value is -1.85. The van der Waals surface area contributed by atoms with Crippen molar-refractivity contribution in [1.29, 1.82) is 0 Å². The molecule has 0 bridgehead atoms. The van der Waals surface area contributed by atoms with Gasteiger partial charge in [0.25, 0.3) is 0 Å². The zero-order chi connectivity index (χ0) is 41.5. The van der Waals surface area contributed by atoms with Crippen LogP contribution < -0.4 is 0 Å². The highest BCUT2D eigenvalue weighted by Crippen LogP contribution is 2.16. The Balaban J connectivity index is 4.29. The smallest absolute Gasteiger partial charge is 0.306 e. The minimum absolute atomic E-state index is 0.0664. The first kappa shape index (κ1) is 55.2. The highest BCUT2D eigenvalue weighted by molar-refractivity contribution is 5.71. The van der Waals surface area contributed by atoms with Crippen molar-refractivity contribution >= 4 is 17.9 Å². The van der Waals surface area contributed by atoms with Crippen LogP contribution in [-0.2, 0) is 28.6 Å². The quantitative estimate of drug-likeness (QED) is 0.0264. The molecule has 6 heteroatoms. The van der Waals surface area contributed by atoms with E-state index in [0.717, 1.165) is 57.8 Å². The summed E-state index contributed by atoms with van der Waals surface area (Å²) >= 11 is 0. The fourth-order valence-electron chi connectivity index (χ4n) is 7.44. The topological polar surface area (TPSA) is 78.9 Å². The van der Waals surface area contributed by atoms with Crippen molar-refractivity contribution in [1.82, 2.24) is 0 Å². The van der Waals surface area contributed by atoms with Crippen LogP contribution in [0.3, 0.4) is 0 Å². The van der Waals surface area contributed by atoms with Crippen molar-refractivity contribution < 1.29 is 28.6 Å². The van der Waals surface area contributed by atoms with E-state index in [1.54, 1.807) is 0 Å². The third kappa shape index (κ3) is 45.1. The maximum Gasteiger partial charge on any atom is 0.306 e. The summed E-state index contributed by atoms with van der Waals surface area (Å²) in [7, 11) is 0. The summed E-state index contributed by atoms with van der Waals surface area (Å²) < 4.78 is 16.8. The Morgan fingerprint density at radius 2 is 0.579 bits per heavy atom. The molecule has 0 amide bonds. The Kier molecular flexibility index (Phi) is 45.3. The van der Waals surface area contributed by atoms with E-state index < -0.39 is 6.10 Å². The largest absolute Gasteiger partial charge is 0.462 e. The van der Waals surface area contributed by atoms with Gasteiger partial charge in [-0.25, -0.2) is 0 Å². The van der Waals surface area contributed by atoms with Crippen LogP contribution in [0.2, 0.25) is 0 Å². The van der Waals surface area contributed by atoms with Gasteiger partial charge in [0, 0.05) is 19.3 Å². The fourth-order valence-corrected chi connectivity index (χ4v) is 7.44. The summed E-state index contributed by atoms with van der Waals surface area (Å²) in [4.78, 5) is 37.8. The molecule has 0 aromatic carbocycles. The van der Waals surface area contributed by atoms with Crippen LogP contribution in [-0.4, -0.2) is 37.2 Å². The Bertz CT molecular complexity index is 885. The SMILES string of the molecule is CCCCCCCC/C=C\CCCCCCCCCC(=O)OC[C@@H](COC(=O)CCCCCCCCCCCCC)OC(=O)CCCCCCCCCCCCC. The number of hydrogen-bond acceptors (Lipinski definition) is 6. The molecule has 0 N–H and O–H groups in total. The molecule has 57 heavy (non-hydrogen) atoms. The third-order valence-corrected chi connectivity index (χ3v) is 11.3. The van der Waals surface area contributed by atoms with E-state index in [-0.39, 0.29) is 31.1 Å². The van der Waals surface area contributed by atoms with E-state index in [0.29, 0.717) is 19.3 Å². The molecule has 0 fully saturated rings. The van der Waals surface area contributed by atoms with Gasteiger partial charge in [0.05, 0.1) is 0 Å². The molecule has 336 valence electrons. The Labute approximate surface area is 354 Å². The molecule has 0 unspecified atom stereocenters. The lowest BCUT2D eigenvalue weighted by molar-refractivity contribution is -0.167. The monoisotopic (exact) mass is 805 g/mol. The maximum atomic E-state index is 12.7. The van der Waals surface area contributed by atoms with E-state index >= 15 is 0 Å². The number of carbonyl (C=O) groups excluding carboxylic acids is 3. The molecule has 0 aromatic heterocycles. The number of unbranched alkanes of at least 4 members (excludes halogenated alkanes) is 33. The average molecular weight is 805 g/mol. The van der Waals surface area contributed by atoms with Gasteiger partial charge in [0.1, 0.15) is 13.2 Å². The second kappa shape index (κ2) is 46.8. The lowest BCUT2D eigenvalue weighted by Crippen LogP contribution is -2.30. The first-order valence-electron chi connectivity index (χ1n) is 25.2. The van der Waals surface area contributed by atoms with E-state index in [4.69, 9.17) is 14.2 Å². The van der Waals surface area contributed by atoms with E-state index in [2.05, 4.69) is 32.9 Å². The molecule has 0 aromatic rings. The molecule has 0 aliphatic heterocycles. The molecule has 0 aliphatic carbocycles. The maximum absolute atomic E-state index is 12.7. The van der Waals surface area contributed by atoms with Gasteiger partial charge in [-0.3, -0.25) is 14.4 Å². The van der Waals surface area contributed by atoms with Crippen LogP contribution in [0.25, 0.3) is 0 Å². The Morgan fingerprint density at radius 3 is 0.877 bits per heavy atom. The molecule has 0 saturated heterocycles. The lowest BCUT2D eigenvalue weighted by Gasteiger charge is -2.18. The number of esters is 3. The van der Waals surface area contributed by atoms with Gasteiger partial charge in [0.2, 0.25) is 0 Å². The summed E-state index contributed by atoms with van der Waals surface area (Å²) in [6.45, 7) is 6.64. The molecular weight excluding hydrogens is 709 g/mol. The predicted molar refractivity (Wildman–Crippen MR) is 243 cm³/mol. The van der Waals surface area contributed by atoms with Crippen LogP contribution in [0.15, 0.2) is 12.2 Å². The Morgan fingerprint density at radius 1 is 0.333 bits per heavy atom. The van der Waals surface area contributed by atoms with Crippen LogP contribution >= 0.6 is 0 Å². The molecule has 0 saturated carbocycles. The van der Waals surface area contributed by atoms with Gasteiger partial charge in [-0.1, -0.05) is 226 Å². The minimum Gasteiger partial charge on any atom is -0.462 e. The van der Waals surface area contributed by atoms with E-state index in [1.165, 1.54) is 180 Å². The summed E-state index contributed by atoms with van der Waals surface area (Å²) in [5, 5.41) is 0. The van der Waals surface area contributed by atoms with Crippen LogP contribution in [0.4, 0.5) is 0 Å². The van der Waals surface area contributed by atoms with Gasteiger partial charge in [0.15, 0.2) is 6.10 Å². The predicted octanol–water partition coefficient (Wildman–Crippen LogP) is 16.2. The fraction of sp³-hybridized carbons (Fsp3) is 0.902. The standard InChI is InChI=1S/C51H96O6/c1-4-7-10-13-16-19-22-23-24-25-26-27-30-32-35-38-41-44-50(53)56-47-48(57-51(54)45-42-39-36-33-29-21-18-15-12-9-6-3)46-55-49(52)43-40-37-34-31-28-20-17-14-11-8-5-2/h23-24,48H,4-22,25-47H2,1-3H3/b24-23-/t48-/m1/s1. The minimum atomic E-state index is -0.763. The van der Waals surface area contributed by atoms with Crippen LogP contribution in [0.5, 0.6) is 0 Å². The molecule has 0 radical (unpaired) electrons. The zero-order valence-corrected chi connectivity index (χ0v) is 38.4. The number of hydrogen-bond donors (Lipinski definition) is 0. The normalized spacial score (nSPS) is 12.0. The second-order valence-electron chi connectivity index (χ2n) is 17.1. The molecule has 0 heterocycles. The number of rotatable bonds is 46. The summed E-state index contributed by atoms with van der Waals surface area (Å²) in [5.41, 5.74) is 0. The van der Waals surface area contributed by atoms with E-state index in [1.807, 2.05) is 0 Å². The number of ether oxygens (including phenoxy) is 3. The van der Waals surface area contributed by atoms with Crippen molar-refractivity contribution in [3.8, 4) is 0 Å². The van der Waals surface area contributed by atoms with Gasteiger partial charge in [-0.15, -0.1) is 0 Å². The molecule has 0 rings (SSSR count). The highest BCUT2D eigenvalue weighted by Gasteiger charge is 2.19. The third-order valence-electron chi connectivity index (χ3n) is 11.3. The summed E-state index contributed by atoms with van der Waals surface area (Å²) in [5.74, 6) is -0.859. The molecule has 0 spiro atoms. The molecular formula is C51H96O6. The van der Waals surface area contributed by atoms with Crippen molar-refractivity contribution in [3.63, 3.8) is 0 Å². The van der Waals surface area contributed by atoms with Gasteiger partial charge in [-0.05, 0) is 44.9 Å². The molecule has 1 atom stereocenters. The van der Waals surface area contributed by atoms with Crippen molar-refractivity contribution in [2.75, 3.05) is 13.2 Å². The van der Waals surface area contributed by atoms with Crippen molar-refractivity contribution in [2.24, 2.45) is 0 Å². The summed E-state index contributed by atoms with van der Waals surface area (Å²) in [6.07, 6.45) is 50.5. The molecule has 6 nitrogen and oxygen atoms in total. The highest BCUT2D eigenvalue weighted by atomic mass is 16.6. The molecule has 0 aliphatic rings. The van der Waals surface area contributed by atoms with Gasteiger partial charge < -0.3 is 14.2 Å². The van der Waals surface area contributed by atoms with Gasteiger partial charge in [-0.2, -0.15) is 0 Å². The summed E-state index contributed by atoms with van der Waals surface area (Å²) in [6, 6.07) is 0. The number of allylic oxidation sites excluding steroid dienone is 2. The average Bonchev–Trinajstić information content (AvgIpc) is 3.21.